The number of ether oxygens (including phenoxy) is 1. The maximum Gasteiger partial charge on any atom is 0.122 e. The minimum Gasteiger partial charge on any atom is -0.496 e. The molecule has 0 saturated heterocycles. The topological polar surface area (TPSA) is 55.5 Å². The molecular weight excluding hydrogens is 262 g/mol. The van der Waals surface area contributed by atoms with Crippen molar-refractivity contribution in [3.63, 3.8) is 0 Å². The van der Waals surface area contributed by atoms with Crippen LogP contribution in [0.2, 0.25) is 5.02 Å². The Labute approximate surface area is 119 Å². The van der Waals surface area contributed by atoms with Crippen LogP contribution in [0.25, 0.3) is 0 Å². The summed E-state index contributed by atoms with van der Waals surface area (Å²) >= 11 is 6.06. The highest BCUT2D eigenvalue weighted by Gasteiger charge is 2.36. The molecule has 0 radical (unpaired) electrons. The average Bonchev–Trinajstić information content (AvgIpc) is 3.22. The van der Waals surface area contributed by atoms with Gasteiger partial charge in [0.25, 0.3) is 0 Å². The molecule has 1 fully saturated rings. The third-order valence-corrected chi connectivity index (χ3v) is 4.23. The van der Waals surface area contributed by atoms with Gasteiger partial charge in [0.2, 0.25) is 0 Å². The first-order valence-electron chi connectivity index (χ1n) is 6.76. The van der Waals surface area contributed by atoms with E-state index >= 15 is 0 Å². The van der Waals surface area contributed by atoms with Crippen molar-refractivity contribution in [2.24, 2.45) is 17.1 Å². The van der Waals surface area contributed by atoms with Crippen LogP contribution in [0.1, 0.15) is 24.8 Å². The molecule has 1 atom stereocenters. The lowest BCUT2D eigenvalue weighted by Gasteiger charge is -2.31. The Balaban J connectivity index is 2.22. The number of halogens is 1. The summed E-state index contributed by atoms with van der Waals surface area (Å²) in [6.45, 7) is 0.589. The molecule has 0 spiro atoms. The van der Waals surface area contributed by atoms with Gasteiger partial charge < -0.3 is 15.6 Å². The molecule has 0 aromatic heterocycles. The lowest BCUT2D eigenvalue weighted by Crippen LogP contribution is -2.37. The Morgan fingerprint density at radius 1 is 1.47 bits per heavy atom. The van der Waals surface area contributed by atoms with Crippen molar-refractivity contribution in [1.29, 1.82) is 0 Å². The quantitative estimate of drug-likeness (QED) is 0.809. The number of benzene rings is 1. The molecule has 0 aliphatic heterocycles. The Morgan fingerprint density at radius 3 is 2.74 bits per heavy atom. The van der Waals surface area contributed by atoms with Gasteiger partial charge in [-0.3, -0.25) is 0 Å². The van der Waals surface area contributed by atoms with Crippen molar-refractivity contribution in [3.05, 3.63) is 28.8 Å². The molecule has 3 nitrogen and oxygen atoms in total. The van der Waals surface area contributed by atoms with Gasteiger partial charge in [-0.05, 0) is 42.5 Å². The molecule has 1 aliphatic rings. The van der Waals surface area contributed by atoms with E-state index in [0.29, 0.717) is 18.0 Å². The molecule has 1 saturated carbocycles. The van der Waals surface area contributed by atoms with Crippen LogP contribution in [0, 0.1) is 11.3 Å². The van der Waals surface area contributed by atoms with E-state index in [2.05, 4.69) is 0 Å². The summed E-state index contributed by atoms with van der Waals surface area (Å²) in [5.74, 6) is 1.53. The molecule has 0 bridgehead atoms. The van der Waals surface area contributed by atoms with Gasteiger partial charge in [-0.2, -0.15) is 0 Å². The number of methoxy groups -OCH3 is 1. The fourth-order valence-corrected chi connectivity index (χ4v) is 2.83. The second-order valence-electron chi connectivity index (χ2n) is 5.64. The van der Waals surface area contributed by atoms with E-state index in [9.17, 15) is 5.11 Å². The van der Waals surface area contributed by atoms with Crippen LogP contribution < -0.4 is 10.5 Å². The molecule has 1 unspecified atom stereocenters. The highest BCUT2D eigenvalue weighted by atomic mass is 35.5. The summed E-state index contributed by atoms with van der Waals surface area (Å²) in [5, 5.41) is 10.5. The number of nitrogens with two attached hydrogens (primary N) is 1. The largest absolute Gasteiger partial charge is 0.496 e. The van der Waals surface area contributed by atoms with Crippen molar-refractivity contribution in [3.8, 4) is 5.75 Å². The van der Waals surface area contributed by atoms with Gasteiger partial charge in [0.1, 0.15) is 5.75 Å². The minimum absolute atomic E-state index is 0.107. The summed E-state index contributed by atoms with van der Waals surface area (Å²) in [7, 11) is 1.65. The average molecular weight is 284 g/mol. The van der Waals surface area contributed by atoms with Crippen LogP contribution in [0.5, 0.6) is 5.75 Å². The van der Waals surface area contributed by atoms with Gasteiger partial charge in [-0.25, -0.2) is 0 Å². The summed E-state index contributed by atoms with van der Waals surface area (Å²) < 4.78 is 5.37. The van der Waals surface area contributed by atoms with E-state index in [4.69, 9.17) is 22.1 Å². The van der Waals surface area contributed by atoms with E-state index in [0.717, 1.165) is 23.7 Å². The van der Waals surface area contributed by atoms with Crippen molar-refractivity contribution in [2.45, 2.75) is 25.7 Å². The van der Waals surface area contributed by atoms with E-state index < -0.39 is 0 Å². The molecule has 106 valence electrons. The third kappa shape index (κ3) is 3.62. The zero-order valence-electron chi connectivity index (χ0n) is 11.4. The van der Waals surface area contributed by atoms with Crippen molar-refractivity contribution < 1.29 is 9.84 Å². The lowest BCUT2D eigenvalue weighted by molar-refractivity contribution is 0.115. The smallest absolute Gasteiger partial charge is 0.122 e. The first-order chi connectivity index (χ1) is 9.12. The van der Waals surface area contributed by atoms with Gasteiger partial charge in [0, 0.05) is 17.0 Å². The SMILES string of the molecule is COc1ccc(Cl)cc1CC(CN)(CO)CC1CC1. The van der Waals surface area contributed by atoms with Crippen LogP contribution >= 0.6 is 11.6 Å². The number of hydrogen-bond acceptors (Lipinski definition) is 3. The van der Waals surface area contributed by atoms with E-state index in [1.807, 2.05) is 18.2 Å². The van der Waals surface area contributed by atoms with Gasteiger partial charge in [-0.15, -0.1) is 0 Å². The first-order valence-corrected chi connectivity index (χ1v) is 7.13. The summed E-state index contributed by atoms with van der Waals surface area (Å²) in [4.78, 5) is 0. The second kappa shape index (κ2) is 6.12. The predicted octanol–water partition coefficient (Wildman–Crippen LogP) is 2.63. The van der Waals surface area contributed by atoms with Crippen molar-refractivity contribution in [2.75, 3.05) is 20.3 Å². The predicted molar refractivity (Wildman–Crippen MR) is 77.6 cm³/mol. The third-order valence-electron chi connectivity index (χ3n) is 3.99. The lowest BCUT2D eigenvalue weighted by atomic mass is 9.77. The van der Waals surface area contributed by atoms with Crippen molar-refractivity contribution in [1.82, 2.24) is 0 Å². The number of aliphatic hydroxyl groups is 1. The molecule has 0 amide bonds. The Kier molecular flexibility index (Phi) is 4.71. The van der Waals surface area contributed by atoms with Crippen LogP contribution in [-0.2, 0) is 6.42 Å². The maximum absolute atomic E-state index is 9.79. The minimum atomic E-state index is -0.251. The zero-order chi connectivity index (χ0) is 13.9. The van der Waals surface area contributed by atoms with Crippen LogP contribution in [0.4, 0.5) is 0 Å². The molecule has 19 heavy (non-hydrogen) atoms. The van der Waals surface area contributed by atoms with Gasteiger partial charge in [-0.1, -0.05) is 24.4 Å². The molecule has 4 heteroatoms. The molecule has 1 aromatic carbocycles. The zero-order valence-corrected chi connectivity index (χ0v) is 12.1. The van der Waals surface area contributed by atoms with Gasteiger partial charge >= 0.3 is 0 Å². The highest BCUT2D eigenvalue weighted by Crippen LogP contribution is 2.42. The standard InChI is InChI=1S/C15H22ClNO2/c1-19-14-5-4-13(16)6-12(14)8-15(9-17,10-18)7-11-2-3-11/h4-6,11,18H,2-3,7-10,17H2,1H3. The number of hydrogen-bond donors (Lipinski definition) is 2. The molecular formula is C15H22ClNO2. The maximum atomic E-state index is 9.79. The first kappa shape index (κ1) is 14.6. The Morgan fingerprint density at radius 2 is 2.21 bits per heavy atom. The van der Waals surface area contributed by atoms with Crippen LogP contribution in [0.3, 0.4) is 0 Å². The van der Waals surface area contributed by atoms with Crippen LogP contribution in [-0.4, -0.2) is 25.4 Å². The summed E-state index contributed by atoms with van der Waals surface area (Å²) in [6.07, 6.45) is 4.21. The van der Waals surface area contributed by atoms with E-state index in [1.165, 1.54) is 12.8 Å². The van der Waals surface area contributed by atoms with Crippen LogP contribution in [0.15, 0.2) is 18.2 Å². The number of aliphatic hydroxyl groups excluding tert-OH is 1. The Bertz CT molecular complexity index is 428. The van der Waals surface area contributed by atoms with E-state index in [1.54, 1.807) is 7.11 Å². The van der Waals surface area contributed by atoms with E-state index in [-0.39, 0.29) is 12.0 Å². The van der Waals surface area contributed by atoms with Gasteiger partial charge in [0.15, 0.2) is 0 Å². The highest BCUT2D eigenvalue weighted by molar-refractivity contribution is 6.30. The van der Waals surface area contributed by atoms with Gasteiger partial charge in [0.05, 0.1) is 13.7 Å². The molecule has 3 N–H and O–H groups in total. The summed E-state index contributed by atoms with van der Waals surface area (Å²) in [5.41, 5.74) is 6.71. The monoisotopic (exact) mass is 283 g/mol. The van der Waals surface area contributed by atoms with Crippen molar-refractivity contribution >= 4 is 11.6 Å². The molecule has 1 aromatic rings. The molecule has 2 rings (SSSR count). The second-order valence-corrected chi connectivity index (χ2v) is 6.08. The number of rotatable bonds is 7. The fraction of sp³-hybridized carbons (Fsp3) is 0.600. The molecule has 0 heterocycles. The molecule has 1 aliphatic carbocycles. The normalized spacial score (nSPS) is 18.1. The summed E-state index contributed by atoms with van der Waals surface area (Å²) in [6, 6.07) is 5.59. The fourth-order valence-electron chi connectivity index (χ4n) is 2.64. The Hall–Kier alpha value is -0.770.